The lowest BCUT2D eigenvalue weighted by Gasteiger charge is -2.44. The Morgan fingerprint density at radius 3 is 2.10 bits per heavy atom. The Morgan fingerprint density at radius 1 is 0.750 bits per heavy atom. The lowest BCUT2D eigenvalue weighted by molar-refractivity contribution is -0.263. The van der Waals surface area contributed by atoms with Gasteiger partial charge in [0.05, 0.1) is 25.2 Å². The number of ether oxygens (including phenoxy) is 2. The first kappa shape index (κ1) is 33.7. The van der Waals surface area contributed by atoms with Gasteiger partial charge in [-0.05, 0) is 67.2 Å². The smallest absolute Gasteiger partial charge is 0.228 e. The van der Waals surface area contributed by atoms with Gasteiger partial charge in [-0.2, -0.15) is 0 Å². The van der Waals surface area contributed by atoms with Crippen molar-refractivity contribution >= 4 is 17.4 Å². The highest BCUT2D eigenvalue weighted by Gasteiger charge is 2.42. The van der Waals surface area contributed by atoms with Crippen LogP contribution in [0.3, 0.4) is 0 Å². The third kappa shape index (κ3) is 8.65. The third-order valence-electron chi connectivity index (χ3n) is 9.53. The zero-order valence-corrected chi connectivity index (χ0v) is 27.7. The molecule has 2 heterocycles. The van der Waals surface area contributed by atoms with Crippen LogP contribution < -0.4 is 5.32 Å². The van der Waals surface area contributed by atoms with Gasteiger partial charge < -0.3 is 24.8 Å². The molecule has 4 atom stereocenters. The Balaban J connectivity index is 1.25. The lowest BCUT2D eigenvalue weighted by atomic mass is 9.83. The highest BCUT2D eigenvalue weighted by molar-refractivity contribution is 5.97. The van der Waals surface area contributed by atoms with Crippen molar-refractivity contribution in [3.05, 3.63) is 137 Å². The summed E-state index contributed by atoms with van der Waals surface area (Å²) in [5, 5.41) is 12.6. The molecule has 250 valence electrons. The molecule has 7 heteroatoms. The number of carbonyl (C=O) groups is 2. The maximum absolute atomic E-state index is 12.9. The van der Waals surface area contributed by atoms with Gasteiger partial charge >= 0.3 is 0 Å². The summed E-state index contributed by atoms with van der Waals surface area (Å²) in [5.41, 5.74) is 6.02. The molecule has 4 aromatic carbocycles. The normalized spacial score (nSPS) is 22.0. The van der Waals surface area contributed by atoms with Crippen molar-refractivity contribution in [2.45, 2.75) is 76.5 Å². The van der Waals surface area contributed by atoms with Crippen LogP contribution in [0, 0.1) is 0 Å². The van der Waals surface area contributed by atoms with Gasteiger partial charge in [-0.15, -0.1) is 0 Å². The Labute approximate surface area is 283 Å². The van der Waals surface area contributed by atoms with Crippen molar-refractivity contribution in [3.8, 4) is 0 Å². The fraction of sp³-hybridized carbons (Fsp3) is 0.366. The molecular weight excluding hydrogens is 600 g/mol. The number of nitrogens with one attached hydrogen (secondary N) is 1. The zero-order chi connectivity index (χ0) is 33.3. The van der Waals surface area contributed by atoms with Crippen molar-refractivity contribution in [3.63, 3.8) is 0 Å². The second-order valence-electron chi connectivity index (χ2n) is 13.1. The van der Waals surface area contributed by atoms with E-state index in [9.17, 15) is 14.7 Å². The highest BCUT2D eigenvalue weighted by atomic mass is 16.7. The molecule has 48 heavy (non-hydrogen) atoms. The van der Waals surface area contributed by atoms with Gasteiger partial charge in [-0.1, -0.05) is 110 Å². The van der Waals surface area contributed by atoms with E-state index in [4.69, 9.17) is 9.47 Å². The number of nitrogens with zero attached hydrogens (tertiary/aromatic N) is 1. The molecule has 2 N–H and O–H groups in total. The number of amides is 1. The molecular formula is C41H46N2O5. The van der Waals surface area contributed by atoms with Crippen LogP contribution in [0.15, 0.2) is 103 Å². The molecule has 1 unspecified atom stereocenters. The van der Waals surface area contributed by atoms with E-state index in [0.29, 0.717) is 11.3 Å². The number of benzene rings is 4. The van der Waals surface area contributed by atoms with E-state index in [-0.39, 0.29) is 42.8 Å². The lowest BCUT2D eigenvalue weighted by Crippen LogP contribution is -2.45. The number of aliphatic hydroxyl groups excluding tert-OH is 1. The predicted molar refractivity (Wildman–Crippen MR) is 188 cm³/mol. The van der Waals surface area contributed by atoms with Crippen LogP contribution in [0.5, 0.6) is 0 Å². The first-order chi connectivity index (χ1) is 23.5. The molecule has 7 nitrogen and oxygen atoms in total. The van der Waals surface area contributed by atoms with Gasteiger partial charge in [0.15, 0.2) is 12.1 Å². The molecule has 2 fully saturated rings. The molecule has 1 amide bonds. The van der Waals surface area contributed by atoms with E-state index < -0.39 is 6.29 Å². The first-order valence-electron chi connectivity index (χ1n) is 17.2. The number of aliphatic hydroxyl groups is 1. The Morgan fingerprint density at radius 2 is 1.42 bits per heavy atom. The average Bonchev–Trinajstić information content (AvgIpc) is 3.10. The summed E-state index contributed by atoms with van der Waals surface area (Å²) in [6, 6.07) is 33.5. The number of ketones is 1. The van der Waals surface area contributed by atoms with E-state index in [1.807, 2.05) is 42.5 Å². The molecule has 2 aliphatic heterocycles. The number of anilines is 1. The minimum absolute atomic E-state index is 0.00753. The van der Waals surface area contributed by atoms with Crippen molar-refractivity contribution < 1.29 is 24.2 Å². The second-order valence-corrected chi connectivity index (χ2v) is 13.1. The van der Waals surface area contributed by atoms with E-state index >= 15 is 0 Å². The molecule has 6 rings (SSSR count). The van der Waals surface area contributed by atoms with E-state index in [1.165, 1.54) is 44.6 Å². The highest BCUT2D eigenvalue weighted by Crippen LogP contribution is 2.47. The van der Waals surface area contributed by atoms with Crippen LogP contribution in [0.1, 0.15) is 95.5 Å². The molecule has 4 aromatic rings. The van der Waals surface area contributed by atoms with E-state index in [0.717, 1.165) is 41.9 Å². The van der Waals surface area contributed by atoms with Crippen LogP contribution in [0.4, 0.5) is 5.69 Å². The minimum atomic E-state index is -0.593. The summed E-state index contributed by atoms with van der Waals surface area (Å²) in [5.74, 6) is -0.228. The molecule has 0 radical (unpaired) electrons. The first-order valence-corrected chi connectivity index (χ1v) is 17.2. The fourth-order valence-electron chi connectivity index (χ4n) is 6.91. The number of carbonyl (C=O) groups excluding carboxylic acids is 2. The number of hydrogen-bond acceptors (Lipinski definition) is 6. The molecule has 0 aromatic heterocycles. The van der Waals surface area contributed by atoms with Gasteiger partial charge in [0, 0.05) is 29.3 Å². The fourth-order valence-corrected chi connectivity index (χ4v) is 6.91. The van der Waals surface area contributed by atoms with Crippen LogP contribution in [0.25, 0.3) is 0 Å². The number of hydrogen-bond donors (Lipinski definition) is 2. The zero-order valence-electron chi connectivity index (χ0n) is 27.7. The maximum Gasteiger partial charge on any atom is 0.228 e. The summed E-state index contributed by atoms with van der Waals surface area (Å²) in [7, 11) is 0. The van der Waals surface area contributed by atoms with Gasteiger partial charge in [-0.3, -0.25) is 9.59 Å². The molecule has 2 saturated heterocycles. The van der Waals surface area contributed by atoms with Gasteiger partial charge in [0.25, 0.3) is 0 Å². The number of Topliss-reactive ketones (excluding diaryl/α,β-unsaturated/α-hetero) is 1. The SMILES string of the molecule is CC(=O)c1cccc(NC(=O)Cc2ccc(C3O[C@H](CN4CCCCCCC4)[C@@H](c4ccccc4)[C@H](c4ccc(CO)cc4)O3)cc2)c1. The molecule has 0 spiro atoms. The maximum atomic E-state index is 12.9. The summed E-state index contributed by atoms with van der Waals surface area (Å²) in [4.78, 5) is 27.2. The van der Waals surface area contributed by atoms with E-state index in [2.05, 4.69) is 46.6 Å². The number of likely N-dealkylation sites (tertiary alicyclic amines) is 1. The van der Waals surface area contributed by atoms with Crippen molar-refractivity contribution in [2.24, 2.45) is 0 Å². The second kappa shape index (κ2) is 16.3. The van der Waals surface area contributed by atoms with Gasteiger partial charge in [-0.25, -0.2) is 0 Å². The van der Waals surface area contributed by atoms with Crippen LogP contribution in [-0.4, -0.2) is 47.4 Å². The quantitative estimate of drug-likeness (QED) is 0.171. The largest absolute Gasteiger partial charge is 0.392 e. The Kier molecular flexibility index (Phi) is 11.5. The summed E-state index contributed by atoms with van der Waals surface area (Å²) < 4.78 is 13.8. The molecule has 0 aliphatic carbocycles. The van der Waals surface area contributed by atoms with E-state index in [1.54, 1.807) is 24.3 Å². The predicted octanol–water partition coefficient (Wildman–Crippen LogP) is 7.77. The Hall–Kier alpha value is -4.14. The van der Waals surface area contributed by atoms with Crippen LogP contribution in [0.2, 0.25) is 0 Å². The molecule has 0 saturated carbocycles. The van der Waals surface area contributed by atoms with Gasteiger partial charge in [0.1, 0.15) is 0 Å². The minimum Gasteiger partial charge on any atom is -0.392 e. The average molecular weight is 647 g/mol. The van der Waals surface area contributed by atoms with Crippen LogP contribution >= 0.6 is 0 Å². The molecule has 0 bridgehead atoms. The summed E-state index contributed by atoms with van der Waals surface area (Å²) in [6.45, 7) is 4.45. The summed E-state index contributed by atoms with van der Waals surface area (Å²) in [6.07, 6.45) is 5.47. The van der Waals surface area contributed by atoms with Crippen molar-refractivity contribution in [2.75, 3.05) is 25.0 Å². The van der Waals surface area contributed by atoms with Gasteiger partial charge in [0.2, 0.25) is 5.91 Å². The number of rotatable bonds is 10. The third-order valence-corrected chi connectivity index (χ3v) is 9.53. The molecule has 2 aliphatic rings. The Bertz CT molecular complexity index is 1630. The standard InChI is InChI=1S/C41H46N2O5/c1-29(45)35-13-10-14-36(26-35)42-38(46)25-30-15-21-34(22-16-30)41-47-37(27-43-23-8-3-2-4-9-24-43)39(32-11-6-5-7-12-32)40(48-41)33-19-17-31(28-44)18-20-33/h5-7,10-22,26,37,39-41,44H,2-4,8-9,23-25,27-28H2,1H3,(H,42,46)/t37-,39-,40+,41?/m1/s1. The summed E-state index contributed by atoms with van der Waals surface area (Å²) >= 11 is 0. The van der Waals surface area contributed by atoms with Crippen molar-refractivity contribution in [1.29, 1.82) is 0 Å². The van der Waals surface area contributed by atoms with Crippen molar-refractivity contribution in [1.82, 2.24) is 4.90 Å². The topological polar surface area (TPSA) is 88.1 Å². The van der Waals surface area contributed by atoms with Crippen LogP contribution in [-0.2, 0) is 27.3 Å². The monoisotopic (exact) mass is 646 g/mol.